The van der Waals surface area contributed by atoms with Gasteiger partial charge in [-0.15, -0.1) is 0 Å². The Morgan fingerprint density at radius 2 is 1.82 bits per heavy atom. The zero-order valence-electron chi connectivity index (χ0n) is 9.25. The average molecular weight is 371 g/mol. The average Bonchev–Trinajstić information content (AvgIpc) is 2.24. The first kappa shape index (κ1) is 15.0. The molecule has 96 valence electrons. The van der Waals surface area contributed by atoms with Crippen LogP contribution in [0.4, 0.5) is 4.39 Å². The first-order chi connectivity index (χ1) is 7.97. The quantitative estimate of drug-likeness (QED) is 0.745. The minimum Gasteiger partial charge on any atom is -0.390 e. The molecule has 0 radical (unpaired) electrons. The predicted octanol–water partition coefficient (Wildman–Crippen LogP) is 2.35. The van der Waals surface area contributed by atoms with Crippen molar-refractivity contribution in [2.45, 2.75) is 18.6 Å². The lowest BCUT2D eigenvalue weighted by Gasteiger charge is -2.20. The normalized spacial score (nSPS) is 14.7. The molecule has 0 spiro atoms. The summed E-state index contributed by atoms with van der Waals surface area (Å²) >= 11 is 6.36. The van der Waals surface area contributed by atoms with Crippen molar-refractivity contribution in [2.75, 3.05) is 13.6 Å². The van der Waals surface area contributed by atoms with Crippen LogP contribution in [0.5, 0.6) is 0 Å². The van der Waals surface area contributed by atoms with Crippen LogP contribution in [-0.2, 0) is 0 Å². The molecule has 2 atom stereocenters. The molecule has 0 aliphatic heterocycles. The van der Waals surface area contributed by atoms with Crippen LogP contribution in [0, 0.1) is 5.82 Å². The Kier molecular flexibility index (Phi) is 6.02. The second-order valence-corrected chi connectivity index (χ2v) is 5.40. The van der Waals surface area contributed by atoms with Gasteiger partial charge in [-0.3, -0.25) is 0 Å². The fourth-order valence-corrected chi connectivity index (χ4v) is 3.08. The van der Waals surface area contributed by atoms with Crippen molar-refractivity contribution in [3.63, 3.8) is 0 Å². The maximum Gasteiger partial charge on any atom is 0.125 e. The van der Waals surface area contributed by atoms with Gasteiger partial charge in [-0.1, -0.05) is 31.9 Å². The topological polar surface area (TPSA) is 52.5 Å². The number of nitrogens with one attached hydrogen (secondary N) is 1. The van der Waals surface area contributed by atoms with Gasteiger partial charge in [-0.25, -0.2) is 4.39 Å². The Balaban J connectivity index is 2.91. The van der Waals surface area contributed by atoms with Gasteiger partial charge < -0.3 is 15.5 Å². The summed E-state index contributed by atoms with van der Waals surface area (Å²) < 4.78 is 13.9. The van der Waals surface area contributed by atoms with E-state index >= 15 is 0 Å². The second-order valence-electron chi connectivity index (χ2n) is 3.69. The summed E-state index contributed by atoms with van der Waals surface area (Å²) in [6.07, 6.45) is -1.55. The van der Waals surface area contributed by atoms with Crippen molar-refractivity contribution in [1.29, 1.82) is 0 Å². The summed E-state index contributed by atoms with van der Waals surface area (Å²) in [6.45, 7) is 0.592. The molecule has 1 aromatic rings. The SMILES string of the molecule is CNCCC(O)C(O)c1c(Br)cc(F)cc1Br. The molecule has 17 heavy (non-hydrogen) atoms. The van der Waals surface area contributed by atoms with Crippen molar-refractivity contribution < 1.29 is 14.6 Å². The number of hydrogen-bond donors (Lipinski definition) is 3. The van der Waals surface area contributed by atoms with E-state index in [0.29, 0.717) is 27.5 Å². The standard InChI is InChI=1S/C11H14Br2FNO2/c1-15-3-2-9(16)11(17)10-7(12)4-6(14)5-8(10)13/h4-5,9,11,15-17H,2-3H2,1H3. The zero-order chi connectivity index (χ0) is 13.0. The summed E-state index contributed by atoms with van der Waals surface area (Å²) in [6, 6.07) is 2.52. The molecule has 0 fully saturated rings. The molecule has 0 bridgehead atoms. The largest absolute Gasteiger partial charge is 0.390 e. The summed E-state index contributed by atoms with van der Waals surface area (Å²) in [7, 11) is 1.77. The molecule has 1 rings (SSSR count). The van der Waals surface area contributed by atoms with Crippen molar-refractivity contribution in [1.82, 2.24) is 5.32 Å². The van der Waals surface area contributed by atoms with E-state index in [2.05, 4.69) is 37.2 Å². The summed E-state index contributed by atoms with van der Waals surface area (Å²) in [5.41, 5.74) is 0.454. The molecule has 3 N–H and O–H groups in total. The van der Waals surface area contributed by atoms with E-state index in [4.69, 9.17) is 0 Å². The molecule has 0 amide bonds. The fraction of sp³-hybridized carbons (Fsp3) is 0.455. The summed E-state index contributed by atoms with van der Waals surface area (Å²) in [5, 5.41) is 22.7. The molecule has 0 aliphatic rings. The van der Waals surface area contributed by atoms with E-state index in [1.54, 1.807) is 7.05 Å². The van der Waals surface area contributed by atoms with E-state index in [-0.39, 0.29) is 0 Å². The maximum absolute atomic E-state index is 13.1. The number of aliphatic hydroxyl groups is 2. The van der Waals surface area contributed by atoms with Gasteiger partial charge in [0.25, 0.3) is 0 Å². The highest BCUT2D eigenvalue weighted by Gasteiger charge is 2.23. The third-order valence-electron chi connectivity index (χ3n) is 2.39. The molecular formula is C11H14Br2FNO2. The Morgan fingerprint density at radius 1 is 1.29 bits per heavy atom. The van der Waals surface area contributed by atoms with Crippen molar-refractivity contribution in [2.24, 2.45) is 0 Å². The highest BCUT2D eigenvalue weighted by atomic mass is 79.9. The van der Waals surface area contributed by atoms with Gasteiger partial charge in [-0.2, -0.15) is 0 Å². The minimum atomic E-state index is -1.06. The molecule has 0 saturated carbocycles. The van der Waals surface area contributed by atoms with E-state index in [1.807, 2.05) is 0 Å². The molecule has 0 saturated heterocycles. The van der Waals surface area contributed by atoms with E-state index in [0.717, 1.165) is 0 Å². The first-order valence-corrected chi connectivity index (χ1v) is 6.71. The molecule has 0 aromatic heterocycles. The molecular weight excluding hydrogens is 357 g/mol. The number of halogens is 3. The molecule has 2 unspecified atom stereocenters. The Hall–Kier alpha value is -0.0100. The number of aliphatic hydroxyl groups excluding tert-OH is 2. The highest BCUT2D eigenvalue weighted by Crippen LogP contribution is 2.34. The Bertz CT molecular complexity index is 367. The van der Waals surface area contributed by atoms with Crippen molar-refractivity contribution in [3.05, 3.63) is 32.5 Å². The van der Waals surface area contributed by atoms with Gasteiger partial charge >= 0.3 is 0 Å². The molecule has 6 heteroatoms. The van der Waals surface area contributed by atoms with Crippen LogP contribution < -0.4 is 5.32 Å². The lowest BCUT2D eigenvalue weighted by atomic mass is 10.0. The molecule has 0 heterocycles. The lowest BCUT2D eigenvalue weighted by Crippen LogP contribution is -2.23. The van der Waals surface area contributed by atoms with Gasteiger partial charge in [0, 0.05) is 14.5 Å². The smallest absolute Gasteiger partial charge is 0.125 e. The van der Waals surface area contributed by atoms with Gasteiger partial charge in [0.05, 0.1) is 6.10 Å². The molecule has 3 nitrogen and oxygen atoms in total. The fourth-order valence-electron chi connectivity index (χ4n) is 1.48. The molecule has 1 aromatic carbocycles. The van der Waals surface area contributed by atoms with Crippen LogP contribution in [0.3, 0.4) is 0 Å². The van der Waals surface area contributed by atoms with E-state index in [1.165, 1.54) is 12.1 Å². The van der Waals surface area contributed by atoms with Crippen molar-refractivity contribution in [3.8, 4) is 0 Å². The van der Waals surface area contributed by atoms with Gasteiger partial charge in [0.1, 0.15) is 11.9 Å². The first-order valence-electron chi connectivity index (χ1n) is 5.12. The third kappa shape index (κ3) is 3.99. The Morgan fingerprint density at radius 3 is 2.29 bits per heavy atom. The van der Waals surface area contributed by atoms with Gasteiger partial charge in [-0.05, 0) is 32.1 Å². The van der Waals surface area contributed by atoms with Gasteiger partial charge in [0.2, 0.25) is 0 Å². The lowest BCUT2D eigenvalue weighted by molar-refractivity contribution is 0.0131. The summed E-state index contributed by atoms with van der Waals surface area (Å²) in [4.78, 5) is 0. The monoisotopic (exact) mass is 369 g/mol. The summed E-state index contributed by atoms with van der Waals surface area (Å²) in [5.74, 6) is -0.413. The predicted molar refractivity (Wildman–Crippen MR) is 71.3 cm³/mol. The van der Waals surface area contributed by atoms with Crippen LogP contribution in [0.15, 0.2) is 21.1 Å². The number of rotatable bonds is 5. The van der Waals surface area contributed by atoms with Crippen LogP contribution >= 0.6 is 31.9 Å². The zero-order valence-corrected chi connectivity index (χ0v) is 12.4. The number of hydrogen-bond acceptors (Lipinski definition) is 3. The second kappa shape index (κ2) is 6.80. The van der Waals surface area contributed by atoms with Crippen molar-refractivity contribution >= 4 is 31.9 Å². The number of benzene rings is 1. The van der Waals surface area contributed by atoms with E-state index in [9.17, 15) is 14.6 Å². The van der Waals surface area contributed by atoms with E-state index < -0.39 is 18.0 Å². The van der Waals surface area contributed by atoms with Gasteiger partial charge in [0.15, 0.2) is 0 Å². The van der Waals surface area contributed by atoms with Crippen LogP contribution in [0.1, 0.15) is 18.1 Å². The Labute approximate surface area is 116 Å². The van der Waals surface area contributed by atoms with Crippen LogP contribution in [0.2, 0.25) is 0 Å². The highest BCUT2D eigenvalue weighted by molar-refractivity contribution is 9.11. The maximum atomic E-state index is 13.1. The molecule has 0 aliphatic carbocycles. The minimum absolute atomic E-state index is 0.411. The van der Waals surface area contributed by atoms with Crippen LogP contribution in [-0.4, -0.2) is 29.9 Å². The van der Waals surface area contributed by atoms with Crippen LogP contribution in [0.25, 0.3) is 0 Å². The third-order valence-corrected chi connectivity index (χ3v) is 3.71.